The van der Waals surface area contributed by atoms with Crippen LogP contribution in [0.15, 0.2) is 71.3 Å². The fourth-order valence-electron chi connectivity index (χ4n) is 3.52. The first kappa shape index (κ1) is 21.2. The monoisotopic (exact) mass is 438 g/mol. The maximum atomic E-state index is 12.9. The van der Waals surface area contributed by atoms with Crippen molar-refractivity contribution in [2.45, 2.75) is 24.8 Å². The van der Waals surface area contributed by atoms with Gasteiger partial charge in [0.25, 0.3) is 5.91 Å². The quantitative estimate of drug-likeness (QED) is 0.524. The fraction of sp³-hybridized carbons (Fsp3) is 0.250. The van der Waals surface area contributed by atoms with Crippen molar-refractivity contribution < 1.29 is 18.4 Å². The lowest BCUT2D eigenvalue weighted by Crippen LogP contribution is -2.27. The normalized spacial score (nSPS) is 16.0. The summed E-state index contributed by atoms with van der Waals surface area (Å²) in [5.41, 5.74) is 2.61. The molecule has 5 nitrogen and oxygen atoms in total. The molecular weight excluding hydrogens is 415 g/mol. The summed E-state index contributed by atoms with van der Waals surface area (Å²) in [6, 6.07) is 17.5. The zero-order chi connectivity index (χ0) is 21.6. The smallest absolute Gasteiger partial charge is 0.251 e. The van der Waals surface area contributed by atoms with Crippen LogP contribution >= 0.6 is 11.8 Å². The molecule has 0 radical (unpaired) electrons. The SMILES string of the molecule is O=C(NCCCc1ccc(F)cc1)c1ccc([C@H]2SCC(=O)N2Cc2ccco2)cc1. The highest BCUT2D eigenvalue weighted by atomic mass is 32.2. The molecule has 1 aliphatic rings. The Labute approximate surface area is 184 Å². The molecule has 3 aromatic rings. The number of hydrogen-bond acceptors (Lipinski definition) is 4. The predicted octanol–water partition coefficient (Wildman–Crippen LogP) is 4.56. The molecule has 0 aliphatic carbocycles. The van der Waals surface area contributed by atoms with Crippen molar-refractivity contribution in [3.8, 4) is 0 Å². The van der Waals surface area contributed by atoms with Gasteiger partial charge < -0.3 is 14.6 Å². The van der Waals surface area contributed by atoms with Gasteiger partial charge in [-0.15, -0.1) is 11.8 Å². The van der Waals surface area contributed by atoms with E-state index in [2.05, 4.69) is 5.32 Å². The van der Waals surface area contributed by atoms with Crippen molar-refractivity contribution in [2.75, 3.05) is 12.3 Å². The van der Waals surface area contributed by atoms with E-state index in [-0.39, 0.29) is 23.0 Å². The van der Waals surface area contributed by atoms with Gasteiger partial charge in [0, 0.05) is 12.1 Å². The molecule has 1 aromatic heterocycles. The lowest BCUT2D eigenvalue weighted by molar-refractivity contribution is -0.128. The van der Waals surface area contributed by atoms with Gasteiger partial charge in [0.15, 0.2) is 0 Å². The third-order valence-corrected chi connectivity index (χ3v) is 6.43. The van der Waals surface area contributed by atoms with Gasteiger partial charge >= 0.3 is 0 Å². The maximum absolute atomic E-state index is 12.9. The third kappa shape index (κ3) is 5.35. The van der Waals surface area contributed by atoms with Gasteiger partial charge in [-0.2, -0.15) is 0 Å². The van der Waals surface area contributed by atoms with Crippen LogP contribution in [0.5, 0.6) is 0 Å². The summed E-state index contributed by atoms with van der Waals surface area (Å²) in [5, 5.41) is 2.83. The van der Waals surface area contributed by atoms with E-state index < -0.39 is 0 Å². The summed E-state index contributed by atoms with van der Waals surface area (Å²) in [4.78, 5) is 26.5. The number of halogens is 1. The maximum Gasteiger partial charge on any atom is 0.251 e. The number of thioether (sulfide) groups is 1. The third-order valence-electron chi connectivity index (χ3n) is 5.17. The average molecular weight is 439 g/mol. The minimum absolute atomic E-state index is 0.0781. The van der Waals surface area contributed by atoms with Crippen LogP contribution in [0.1, 0.15) is 39.0 Å². The van der Waals surface area contributed by atoms with Gasteiger partial charge in [-0.1, -0.05) is 24.3 Å². The Kier molecular flexibility index (Phi) is 6.72. The molecule has 7 heteroatoms. The molecule has 4 rings (SSSR count). The average Bonchev–Trinajstić information content (AvgIpc) is 3.43. The number of carbonyl (C=O) groups is 2. The summed E-state index contributed by atoms with van der Waals surface area (Å²) in [6.45, 7) is 0.974. The van der Waals surface area contributed by atoms with Crippen molar-refractivity contribution in [1.29, 1.82) is 0 Å². The number of aryl methyl sites for hydroxylation is 1. The van der Waals surface area contributed by atoms with E-state index in [1.165, 1.54) is 12.1 Å². The van der Waals surface area contributed by atoms with Gasteiger partial charge in [-0.25, -0.2) is 4.39 Å². The first-order valence-electron chi connectivity index (χ1n) is 10.2. The van der Waals surface area contributed by atoms with Crippen molar-refractivity contribution in [3.05, 3.63) is 95.2 Å². The van der Waals surface area contributed by atoms with Crippen LogP contribution in [0.3, 0.4) is 0 Å². The topological polar surface area (TPSA) is 62.6 Å². The van der Waals surface area contributed by atoms with Crippen LogP contribution in [-0.2, 0) is 17.8 Å². The van der Waals surface area contributed by atoms with E-state index in [1.54, 1.807) is 47.2 Å². The predicted molar refractivity (Wildman–Crippen MR) is 118 cm³/mol. The molecule has 2 aromatic carbocycles. The summed E-state index contributed by atoms with van der Waals surface area (Å²) < 4.78 is 18.3. The summed E-state index contributed by atoms with van der Waals surface area (Å²) in [7, 11) is 0. The molecule has 1 saturated heterocycles. The van der Waals surface area contributed by atoms with Crippen molar-refractivity contribution >= 4 is 23.6 Å². The first-order chi connectivity index (χ1) is 15.1. The second-order valence-electron chi connectivity index (χ2n) is 7.37. The lowest BCUT2D eigenvalue weighted by atomic mass is 10.1. The van der Waals surface area contributed by atoms with Crippen LogP contribution in [0.25, 0.3) is 0 Å². The molecule has 0 bridgehead atoms. The number of rotatable bonds is 8. The van der Waals surface area contributed by atoms with Crippen molar-refractivity contribution in [3.63, 3.8) is 0 Å². The Bertz CT molecular complexity index is 1020. The highest BCUT2D eigenvalue weighted by Crippen LogP contribution is 2.39. The number of hydrogen-bond donors (Lipinski definition) is 1. The molecule has 0 saturated carbocycles. The van der Waals surface area contributed by atoms with E-state index in [4.69, 9.17) is 4.42 Å². The first-order valence-corrected chi connectivity index (χ1v) is 11.2. The summed E-state index contributed by atoms with van der Waals surface area (Å²) in [5.74, 6) is 0.881. The van der Waals surface area contributed by atoms with Crippen LogP contribution < -0.4 is 5.32 Å². The minimum Gasteiger partial charge on any atom is -0.467 e. The second-order valence-corrected chi connectivity index (χ2v) is 8.44. The van der Waals surface area contributed by atoms with Crippen molar-refractivity contribution in [2.24, 2.45) is 0 Å². The van der Waals surface area contributed by atoms with Crippen LogP contribution in [0.2, 0.25) is 0 Å². The fourth-order valence-corrected chi connectivity index (χ4v) is 4.71. The largest absolute Gasteiger partial charge is 0.467 e. The van der Waals surface area contributed by atoms with Gasteiger partial charge in [0.2, 0.25) is 5.91 Å². The molecule has 2 amide bonds. The number of furan rings is 1. The standard InChI is InChI=1S/C24H23FN2O3S/c25-20-11-5-17(6-12-20)3-1-13-26-23(29)18-7-9-19(10-8-18)24-27(22(28)16-31-24)15-21-4-2-14-30-21/h2,4-12,14,24H,1,3,13,15-16H2,(H,26,29)/t24-/m1/s1. The molecule has 2 heterocycles. The van der Waals surface area contributed by atoms with E-state index in [9.17, 15) is 14.0 Å². The zero-order valence-corrected chi connectivity index (χ0v) is 17.7. The van der Waals surface area contributed by atoms with Crippen LogP contribution in [0, 0.1) is 5.82 Å². The van der Waals surface area contributed by atoms with E-state index >= 15 is 0 Å². The molecule has 0 spiro atoms. The van der Waals surface area contributed by atoms with Gasteiger partial charge in [0.05, 0.1) is 18.6 Å². The minimum atomic E-state index is -0.245. The molecule has 1 atom stereocenters. The van der Waals surface area contributed by atoms with Crippen LogP contribution in [-0.4, -0.2) is 29.0 Å². The molecule has 1 fully saturated rings. The number of carbonyl (C=O) groups excluding carboxylic acids is 2. The van der Waals surface area contributed by atoms with Gasteiger partial charge in [-0.3, -0.25) is 9.59 Å². The Morgan fingerprint density at radius 1 is 1.13 bits per heavy atom. The molecule has 1 aliphatic heterocycles. The Balaban J connectivity index is 1.30. The molecule has 1 N–H and O–H groups in total. The summed E-state index contributed by atoms with van der Waals surface area (Å²) >= 11 is 1.57. The highest BCUT2D eigenvalue weighted by Gasteiger charge is 2.33. The van der Waals surface area contributed by atoms with E-state index in [0.717, 1.165) is 29.7 Å². The second kappa shape index (κ2) is 9.83. The molecule has 0 unspecified atom stereocenters. The lowest BCUT2D eigenvalue weighted by Gasteiger charge is -2.23. The molecule has 31 heavy (non-hydrogen) atoms. The van der Waals surface area contributed by atoms with E-state index in [1.807, 2.05) is 24.3 Å². The summed E-state index contributed by atoms with van der Waals surface area (Å²) in [6.07, 6.45) is 3.15. The van der Waals surface area contributed by atoms with Crippen LogP contribution in [0.4, 0.5) is 4.39 Å². The Morgan fingerprint density at radius 2 is 1.90 bits per heavy atom. The number of nitrogens with one attached hydrogen (secondary N) is 1. The highest BCUT2D eigenvalue weighted by molar-refractivity contribution is 8.00. The molecular formula is C24H23FN2O3S. The number of benzene rings is 2. The van der Waals surface area contributed by atoms with Crippen molar-refractivity contribution in [1.82, 2.24) is 10.2 Å². The molecule has 160 valence electrons. The zero-order valence-electron chi connectivity index (χ0n) is 16.9. The number of nitrogens with zero attached hydrogens (tertiary/aromatic N) is 1. The van der Waals surface area contributed by atoms with Gasteiger partial charge in [0.1, 0.15) is 17.0 Å². The van der Waals surface area contributed by atoms with E-state index in [0.29, 0.717) is 24.4 Å². The van der Waals surface area contributed by atoms with Gasteiger partial charge in [-0.05, 0) is 60.4 Å². The number of amides is 2. The Hall–Kier alpha value is -3.06. The Morgan fingerprint density at radius 3 is 2.61 bits per heavy atom.